The van der Waals surface area contributed by atoms with Crippen LogP contribution in [0.3, 0.4) is 0 Å². The Hall–Kier alpha value is -3.28. The lowest BCUT2D eigenvalue weighted by Crippen LogP contribution is -2.52. The number of sulfonamides is 1. The minimum Gasteiger partial charge on any atom is -0.354 e. The van der Waals surface area contributed by atoms with Gasteiger partial charge < -0.3 is 10.2 Å². The summed E-state index contributed by atoms with van der Waals surface area (Å²) < 4.78 is 69.5. The van der Waals surface area contributed by atoms with E-state index in [2.05, 4.69) is 5.32 Å². The molecule has 3 rings (SSSR count). The average Bonchev–Trinajstić information content (AvgIpc) is 2.97. The summed E-state index contributed by atoms with van der Waals surface area (Å²) in [7, 11) is -4.56. The van der Waals surface area contributed by atoms with Gasteiger partial charge in [-0.3, -0.25) is 13.9 Å². The maximum Gasteiger partial charge on any atom is 0.416 e. The predicted octanol–water partition coefficient (Wildman–Crippen LogP) is 7.24. The number of halogens is 5. The molecular formula is C31H34Cl2F3N3O4S. The Bertz CT molecular complexity index is 1550. The molecule has 0 bridgehead atoms. The zero-order chi connectivity index (χ0) is 32.7. The summed E-state index contributed by atoms with van der Waals surface area (Å²) >= 11 is 12.8. The first-order valence-corrected chi connectivity index (χ1v) is 16.2. The van der Waals surface area contributed by atoms with E-state index in [0.29, 0.717) is 28.9 Å². The maximum atomic E-state index is 14.1. The molecule has 0 aliphatic heterocycles. The summed E-state index contributed by atoms with van der Waals surface area (Å²) in [5.74, 6) is -1.31. The van der Waals surface area contributed by atoms with E-state index < -0.39 is 46.2 Å². The molecule has 1 atom stereocenters. The fourth-order valence-corrected chi connectivity index (χ4v) is 6.41. The van der Waals surface area contributed by atoms with Gasteiger partial charge in [0.15, 0.2) is 0 Å². The molecule has 0 radical (unpaired) electrons. The molecule has 0 aliphatic rings. The van der Waals surface area contributed by atoms with Gasteiger partial charge in [-0.2, -0.15) is 13.2 Å². The highest BCUT2D eigenvalue weighted by molar-refractivity contribution is 7.92. The lowest BCUT2D eigenvalue weighted by molar-refractivity contribution is -0.140. The first-order valence-electron chi connectivity index (χ1n) is 14.0. The number of hydrogen-bond acceptors (Lipinski definition) is 4. The fraction of sp³-hybridized carbons (Fsp3) is 0.355. The molecule has 44 heavy (non-hydrogen) atoms. The number of alkyl halides is 3. The number of unbranched alkanes of at least 4 members (excludes halogenated alkanes) is 1. The van der Waals surface area contributed by atoms with Crippen LogP contribution in [-0.2, 0) is 32.3 Å². The number of hydrogen-bond donors (Lipinski definition) is 1. The molecule has 13 heteroatoms. The van der Waals surface area contributed by atoms with Crippen LogP contribution in [0.5, 0.6) is 0 Å². The summed E-state index contributed by atoms with van der Waals surface area (Å²) in [6.45, 7) is 4.59. The number of benzene rings is 3. The molecule has 238 valence electrons. The number of nitrogens with one attached hydrogen (secondary N) is 1. The number of carbonyl (C=O) groups is 2. The standard InChI is InChI=1S/C31H34Cl2F3N3O4S/c1-4-6-17-37-30(41)28(5-2)38(19-25-26(32)11-8-12-27(25)33)29(40)20-39(23-10-7-9-22(18-23)31(34,35)36)44(42,43)24-15-13-21(3)14-16-24/h7-16,18,28H,4-6,17,19-20H2,1-3H3,(H,37,41)/t28-/m1/s1. The van der Waals surface area contributed by atoms with Crippen LogP contribution in [0.1, 0.15) is 49.8 Å². The third-order valence-electron chi connectivity index (χ3n) is 6.95. The van der Waals surface area contributed by atoms with E-state index in [1.54, 1.807) is 44.2 Å². The van der Waals surface area contributed by atoms with Crippen molar-refractivity contribution in [3.05, 3.63) is 93.5 Å². The summed E-state index contributed by atoms with van der Waals surface area (Å²) in [6.07, 6.45) is -3.10. The van der Waals surface area contributed by atoms with Gasteiger partial charge in [0, 0.05) is 28.7 Å². The Morgan fingerprint density at radius 2 is 1.57 bits per heavy atom. The van der Waals surface area contributed by atoms with Gasteiger partial charge in [-0.05, 0) is 62.2 Å². The second kappa shape index (κ2) is 15.1. The predicted molar refractivity (Wildman–Crippen MR) is 166 cm³/mol. The van der Waals surface area contributed by atoms with Crippen LogP contribution in [0, 0.1) is 6.92 Å². The topological polar surface area (TPSA) is 86.8 Å². The summed E-state index contributed by atoms with van der Waals surface area (Å²) in [4.78, 5) is 28.4. The smallest absolute Gasteiger partial charge is 0.354 e. The van der Waals surface area contributed by atoms with Crippen molar-refractivity contribution >= 4 is 50.7 Å². The van der Waals surface area contributed by atoms with Crippen molar-refractivity contribution in [3.8, 4) is 0 Å². The van der Waals surface area contributed by atoms with Crippen molar-refractivity contribution in [2.45, 2.75) is 63.7 Å². The number of rotatable bonds is 13. The lowest BCUT2D eigenvalue weighted by atomic mass is 10.1. The molecule has 7 nitrogen and oxygen atoms in total. The van der Waals surface area contributed by atoms with Crippen LogP contribution in [-0.4, -0.2) is 44.3 Å². The summed E-state index contributed by atoms with van der Waals surface area (Å²) in [6, 6.07) is 13.1. The highest BCUT2D eigenvalue weighted by Crippen LogP contribution is 2.34. The Kier molecular flexibility index (Phi) is 12.1. The molecule has 1 N–H and O–H groups in total. The number of carbonyl (C=O) groups excluding carboxylic acids is 2. The van der Waals surface area contributed by atoms with Crippen molar-refractivity contribution in [3.63, 3.8) is 0 Å². The molecule has 0 unspecified atom stereocenters. The molecule has 0 spiro atoms. The first kappa shape index (κ1) is 35.2. The normalized spacial score (nSPS) is 12.5. The van der Waals surface area contributed by atoms with E-state index in [1.165, 1.54) is 23.1 Å². The molecule has 0 saturated carbocycles. The highest BCUT2D eigenvalue weighted by Gasteiger charge is 2.36. The van der Waals surface area contributed by atoms with Gasteiger partial charge >= 0.3 is 6.18 Å². The lowest BCUT2D eigenvalue weighted by Gasteiger charge is -2.33. The monoisotopic (exact) mass is 671 g/mol. The van der Waals surface area contributed by atoms with Crippen LogP contribution in [0.4, 0.5) is 18.9 Å². The molecule has 3 aromatic carbocycles. The van der Waals surface area contributed by atoms with Gasteiger partial charge in [-0.1, -0.05) is 73.3 Å². The van der Waals surface area contributed by atoms with Gasteiger partial charge in [-0.15, -0.1) is 0 Å². The Labute approximate surface area is 266 Å². The summed E-state index contributed by atoms with van der Waals surface area (Å²) in [5, 5.41) is 3.24. The van der Waals surface area contributed by atoms with Gasteiger partial charge in [0.1, 0.15) is 12.6 Å². The van der Waals surface area contributed by atoms with E-state index in [4.69, 9.17) is 23.2 Å². The average molecular weight is 673 g/mol. The number of nitrogens with zero attached hydrogens (tertiary/aromatic N) is 2. The van der Waals surface area contributed by atoms with E-state index >= 15 is 0 Å². The molecule has 0 aliphatic carbocycles. The van der Waals surface area contributed by atoms with Crippen LogP contribution in [0.15, 0.2) is 71.6 Å². The fourth-order valence-electron chi connectivity index (χ4n) is 4.48. The molecule has 0 saturated heterocycles. The Balaban J connectivity index is 2.14. The van der Waals surface area contributed by atoms with Gasteiger partial charge in [0.25, 0.3) is 10.0 Å². The number of amides is 2. The van der Waals surface area contributed by atoms with Crippen LogP contribution in [0.25, 0.3) is 0 Å². The first-order chi connectivity index (χ1) is 20.7. The van der Waals surface area contributed by atoms with Gasteiger partial charge in [0.2, 0.25) is 11.8 Å². The molecular weight excluding hydrogens is 638 g/mol. The molecule has 0 aromatic heterocycles. The third kappa shape index (κ3) is 8.67. The molecule has 3 aromatic rings. The van der Waals surface area contributed by atoms with Crippen molar-refractivity contribution in [2.75, 3.05) is 17.4 Å². The Morgan fingerprint density at radius 1 is 0.955 bits per heavy atom. The van der Waals surface area contributed by atoms with E-state index in [-0.39, 0.29) is 33.6 Å². The number of anilines is 1. The SMILES string of the molecule is CCCCNC(=O)[C@@H](CC)N(Cc1c(Cl)cccc1Cl)C(=O)CN(c1cccc(C(F)(F)F)c1)S(=O)(=O)c1ccc(C)cc1. The molecule has 0 heterocycles. The second-order valence-corrected chi connectivity index (χ2v) is 12.8. The minimum absolute atomic E-state index is 0.153. The maximum absolute atomic E-state index is 14.1. The van der Waals surface area contributed by atoms with Crippen LogP contribution in [0.2, 0.25) is 10.0 Å². The zero-order valence-electron chi connectivity index (χ0n) is 24.5. The Morgan fingerprint density at radius 3 is 2.14 bits per heavy atom. The van der Waals surface area contributed by atoms with Gasteiger partial charge in [0.05, 0.1) is 16.1 Å². The van der Waals surface area contributed by atoms with E-state index in [1.807, 2.05) is 6.92 Å². The van der Waals surface area contributed by atoms with Crippen LogP contribution < -0.4 is 9.62 Å². The van der Waals surface area contributed by atoms with Crippen LogP contribution >= 0.6 is 23.2 Å². The summed E-state index contributed by atoms with van der Waals surface area (Å²) in [5.41, 5.74) is -0.373. The second-order valence-electron chi connectivity index (χ2n) is 10.2. The van der Waals surface area contributed by atoms with Crippen molar-refractivity contribution < 1.29 is 31.2 Å². The number of aryl methyl sites for hydroxylation is 1. The van der Waals surface area contributed by atoms with Crippen molar-refractivity contribution in [1.82, 2.24) is 10.2 Å². The van der Waals surface area contributed by atoms with E-state index in [0.717, 1.165) is 24.1 Å². The van der Waals surface area contributed by atoms with Gasteiger partial charge in [-0.25, -0.2) is 8.42 Å². The zero-order valence-corrected chi connectivity index (χ0v) is 26.8. The van der Waals surface area contributed by atoms with E-state index in [9.17, 15) is 31.2 Å². The molecule has 0 fully saturated rings. The highest BCUT2D eigenvalue weighted by atomic mass is 35.5. The van der Waals surface area contributed by atoms with Crippen molar-refractivity contribution in [1.29, 1.82) is 0 Å². The van der Waals surface area contributed by atoms with Crippen molar-refractivity contribution in [2.24, 2.45) is 0 Å². The largest absolute Gasteiger partial charge is 0.416 e. The third-order valence-corrected chi connectivity index (χ3v) is 9.45. The minimum atomic E-state index is -4.77. The molecule has 2 amide bonds. The quantitative estimate of drug-likeness (QED) is 0.194.